The molecule has 0 unspecified atom stereocenters. The van der Waals surface area contributed by atoms with E-state index in [1.54, 1.807) is 0 Å². The lowest BCUT2D eigenvalue weighted by Gasteiger charge is -2.44. The van der Waals surface area contributed by atoms with Crippen molar-refractivity contribution in [1.29, 1.82) is 0 Å². The number of likely N-dealkylation sites (tertiary alicyclic amines) is 2. The van der Waals surface area contributed by atoms with Crippen molar-refractivity contribution in [2.45, 2.75) is 38.2 Å². The Bertz CT molecular complexity index is 547. The monoisotopic (exact) mass is 345 g/mol. The molecule has 3 aliphatic heterocycles. The van der Waals surface area contributed by atoms with Gasteiger partial charge in [-0.2, -0.15) is 0 Å². The van der Waals surface area contributed by atoms with E-state index in [0.29, 0.717) is 26.1 Å². The minimum absolute atomic E-state index is 0.106. The van der Waals surface area contributed by atoms with Crippen molar-refractivity contribution in [1.82, 2.24) is 14.5 Å². The molecule has 1 N–H and O–H groups in total. The number of hydrogen-bond acceptors (Lipinski definition) is 4. The van der Waals surface area contributed by atoms with Gasteiger partial charge in [0.2, 0.25) is 10.0 Å². The lowest BCUT2D eigenvalue weighted by molar-refractivity contribution is -0.0128. The van der Waals surface area contributed by atoms with E-state index in [-0.39, 0.29) is 17.6 Å². The standard InChI is InChI=1S/C15H27N3O4S/c1-23(20,21)16-7-5-15-6-11-22-13(15)4-10-18(12-15)14(19)17-8-2-3-9-17/h13,16H,2-12H2,1H3/t13-,15+/m0/s1. The zero-order valence-corrected chi connectivity index (χ0v) is 14.6. The van der Waals surface area contributed by atoms with Gasteiger partial charge >= 0.3 is 6.03 Å². The summed E-state index contributed by atoms with van der Waals surface area (Å²) in [6, 6.07) is 0.142. The van der Waals surface area contributed by atoms with Crippen LogP contribution in [0.5, 0.6) is 0 Å². The van der Waals surface area contributed by atoms with Crippen LogP contribution >= 0.6 is 0 Å². The van der Waals surface area contributed by atoms with Crippen LogP contribution in [0.4, 0.5) is 4.79 Å². The molecule has 0 aromatic carbocycles. The number of carbonyl (C=O) groups excluding carboxylic acids is 1. The van der Waals surface area contributed by atoms with Crippen molar-refractivity contribution in [2.75, 3.05) is 45.6 Å². The van der Waals surface area contributed by atoms with Gasteiger partial charge in [-0.05, 0) is 32.1 Å². The second kappa shape index (κ2) is 6.57. The highest BCUT2D eigenvalue weighted by Crippen LogP contribution is 2.43. The van der Waals surface area contributed by atoms with E-state index in [1.807, 2.05) is 9.80 Å². The molecule has 0 spiro atoms. The third kappa shape index (κ3) is 3.80. The number of amides is 2. The van der Waals surface area contributed by atoms with Crippen molar-refractivity contribution in [3.8, 4) is 0 Å². The molecule has 3 fully saturated rings. The van der Waals surface area contributed by atoms with Crippen molar-refractivity contribution < 1.29 is 17.9 Å². The average molecular weight is 345 g/mol. The Morgan fingerprint density at radius 2 is 2.00 bits per heavy atom. The number of sulfonamides is 1. The SMILES string of the molecule is CS(=O)(=O)NCC[C@]12CCO[C@H]1CCN(C(=O)N1CCCC1)C2. The summed E-state index contributed by atoms with van der Waals surface area (Å²) in [5, 5.41) is 0. The van der Waals surface area contributed by atoms with Crippen molar-refractivity contribution >= 4 is 16.1 Å². The van der Waals surface area contributed by atoms with Crippen molar-refractivity contribution in [3.05, 3.63) is 0 Å². The molecule has 23 heavy (non-hydrogen) atoms. The third-order valence-corrected chi connectivity index (χ3v) is 6.13. The maximum absolute atomic E-state index is 12.7. The fraction of sp³-hybridized carbons (Fsp3) is 0.933. The summed E-state index contributed by atoms with van der Waals surface area (Å²) >= 11 is 0. The summed E-state index contributed by atoms with van der Waals surface area (Å²) in [5.74, 6) is 0. The molecule has 2 atom stereocenters. The summed E-state index contributed by atoms with van der Waals surface area (Å²) in [4.78, 5) is 16.6. The smallest absolute Gasteiger partial charge is 0.320 e. The first kappa shape index (κ1) is 17.0. The summed E-state index contributed by atoms with van der Waals surface area (Å²) in [6.45, 7) is 4.25. The first-order valence-corrected chi connectivity index (χ1v) is 10.4. The normalized spacial score (nSPS) is 31.4. The number of piperidine rings is 1. The number of carbonyl (C=O) groups is 1. The first-order chi connectivity index (χ1) is 10.9. The fourth-order valence-corrected chi connectivity index (χ4v) is 4.64. The Morgan fingerprint density at radius 1 is 1.26 bits per heavy atom. The number of ether oxygens (including phenoxy) is 1. The Hall–Kier alpha value is -0.860. The minimum Gasteiger partial charge on any atom is -0.377 e. The topological polar surface area (TPSA) is 79.0 Å². The van der Waals surface area contributed by atoms with Gasteiger partial charge in [0.25, 0.3) is 0 Å². The molecule has 3 rings (SSSR count). The second-order valence-electron chi connectivity index (χ2n) is 7.08. The molecular formula is C15H27N3O4S. The van der Waals surface area contributed by atoms with Gasteiger partial charge in [0.05, 0.1) is 12.4 Å². The predicted octanol–water partition coefficient (Wildman–Crippen LogP) is 0.623. The Kier molecular flexibility index (Phi) is 4.85. The van der Waals surface area contributed by atoms with Crippen molar-refractivity contribution in [3.63, 3.8) is 0 Å². The molecular weight excluding hydrogens is 318 g/mol. The number of nitrogens with one attached hydrogen (secondary N) is 1. The van der Waals surface area contributed by atoms with Crippen LogP contribution in [0.15, 0.2) is 0 Å². The van der Waals surface area contributed by atoms with Crippen LogP contribution in [0.2, 0.25) is 0 Å². The Balaban J connectivity index is 1.65. The molecule has 0 aliphatic carbocycles. The Labute approximate surface area is 138 Å². The van der Waals surface area contributed by atoms with Gasteiger partial charge in [0.1, 0.15) is 0 Å². The molecule has 8 heteroatoms. The predicted molar refractivity (Wildman–Crippen MR) is 86.6 cm³/mol. The molecule has 7 nitrogen and oxygen atoms in total. The second-order valence-corrected chi connectivity index (χ2v) is 8.91. The van der Waals surface area contributed by atoms with Crippen LogP contribution in [-0.2, 0) is 14.8 Å². The van der Waals surface area contributed by atoms with E-state index in [4.69, 9.17) is 4.74 Å². The molecule has 3 aliphatic rings. The highest BCUT2D eigenvalue weighted by molar-refractivity contribution is 7.88. The molecule has 0 saturated carbocycles. The van der Waals surface area contributed by atoms with Crippen LogP contribution in [0.25, 0.3) is 0 Å². The van der Waals surface area contributed by atoms with Gasteiger partial charge in [0, 0.05) is 44.7 Å². The number of nitrogens with zero attached hydrogens (tertiary/aromatic N) is 2. The fourth-order valence-electron chi connectivity index (χ4n) is 4.17. The van der Waals surface area contributed by atoms with Gasteiger partial charge in [0.15, 0.2) is 0 Å². The van der Waals surface area contributed by atoms with Crippen LogP contribution in [0.1, 0.15) is 32.1 Å². The molecule has 3 saturated heterocycles. The highest BCUT2D eigenvalue weighted by atomic mass is 32.2. The summed E-state index contributed by atoms with van der Waals surface area (Å²) in [7, 11) is -3.18. The van der Waals surface area contributed by atoms with E-state index in [9.17, 15) is 13.2 Å². The van der Waals surface area contributed by atoms with Gasteiger partial charge in [-0.1, -0.05) is 0 Å². The summed E-state index contributed by atoms with van der Waals surface area (Å²) < 4.78 is 31.0. The molecule has 132 valence electrons. The summed E-state index contributed by atoms with van der Waals surface area (Å²) in [6.07, 6.45) is 5.97. The molecule has 3 heterocycles. The minimum atomic E-state index is -3.18. The zero-order chi connectivity index (χ0) is 16.5. The van der Waals surface area contributed by atoms with Gasteiger partial charge in [-0.15, -0.1) is 0 Å². The largest absolute Gasteiger partial charge is 0.377 e. The van der Waals surface area contributed by atoms with Crippen LogP contribution in [0.3, 0.4) is 0 Å². The lowest BCUT2D eigenvalue weighted by atomic mass is 9.74. The number of rotatable bonds is 4. The molecule has 0 bridgehead atoms. The van der Waals surface area contributed by atoms with Crippen LogP contribution in [-0.4, -0.2) is 75.9 Å². The van der Waals surface area contributed by atoms with Crippen LogP contribution in [0, 0.1) is 5.41 Å². The molecule has 2 amide bonds. The number of hydrogen-bond donors (Lipinski definition) is 1. The van der Waals surface area contributed by atoms with E-state index in [1.165, 1.54) is 6.26 Å². The third-order valence-electron chi connectivity index (χ3n) is 5.40. The molecule has 0 aromatic heterocycles. The van der Waals surface area contributed by atoms with Crippen molar-refractivity contribution in [2.24, 2.45) is 5.41 Å². The van der Waals surface area contributed by atoms with Crippen LogP contribution < -0.4 is 4.72 Å². The lowest BCUT2D eigenvalue weighted by Crippen LogP contribution is -2.55. The Morgan fingerprint density at radius 3 is 2.70 bits per heavy atom. The average Bonchev–Trinajstić information content (AvgIpc) is 3.14. The zero-order valence-electron chi connectivity index (χ0n) is 13.8. The molecule has 0 aromatic rings. The van der Waals surface area contributed by atoms with Gasteiger partial charge < -0.3 is 14.5 Å². The number of urea groups is 1. The highest BCUT2D eigenvalue weighted by Gasteiger charge is 2.48. The van der Waals surface area contributed by atoms with Gasteiger partial charge in [-0.25, -0.2) is 17.9 Å². The maximum atomic E-state index is 12.7. The maximum Gasteiger partial charge on any atom is 0.320 e. The van der Waals surface area contributed by atoms with E-state index < -0.39 is 10.0 Å². The van der Waals surface area contributed by atoms with Gasteiger partial charge in [-0.3, -0.25) is 0 Å². The first-order valence-electron chi connectivity index (χ1n) is 8.50. The number of fused-ring (bicyclic) bond motifs is 1. The molecule has 0 radical (unpaired) electrons. The van der Waals surface area contributed by atoms with E-state index >= 15 is 0 Å². The van der Waals surface area contributed by atoms with E-state index in [2.05, 4.69) is 4.72 Å². The van der Waals surface area contributed by atoms with E-state index in [0.717, 1.165) is 45.3 Å². The quantitative estimate of drug-likeness (QED) is 0.810. The summed E-state index contributed by atoms with van der Waals surface area (Å²) in [5.41, 5.74) is -0.106.